The smallest absolute Gasteiger partial charge is 0.264 e. The van der Waals surface area contributed by atoms with Crippen molar-refractivity contribution in [2.75, 3.05) is 26.2 Å². The maximum atomic E-state index is 12.7. The fourth-order valence-corrected chi connectivity index (χ4v) is 4.01. The Morgan fingerprint density at radius 3 is 2.86 bits per heavy atom. The molecule has 21 heavy (non-hydrogen) atoms. The molecule has 0 saturated carbocycles. The van der Waals surface area contributed by atoms with Crippen LogP contribution < -0.4 is 10.1 Å². The lowest BCUT2D eigenvalue weighted by Gasteiger charge is -2.33. The molecule has 112 valence electrons. The van der Waals surface area contributed by atoms with Crippen molar-refractivity contribution in [3.63, 3.8) is 0 Å². The summed E-state index contributed by atoms with van der Waals surface area (Å²) >= 11 is 0. The Balaban J connectivity index is 1.43. The van der Waals surface area contributed by atoms with Gasteiger partial charge in [0.25, 0.3) is 5.91 Å². The third-order valence-electron chi connectivity index (χ3n) is 5.34. The molecule has 2 fully saturated rings. The normalized spacial score (nSPS) is 26.7. The predicted octanol–water partition coefficient (Wildman–Crippen LogP) is 1.59. The van der Waals surface area contributed by atoms with E-state index in [1.807, 2.05) is 23.1 Å². The first-order valence-corrected chi connectivity index (χ1v) is 8.00. The highest BCUT2D eigenvalue weighted by atomic mass is 16.5. The van der Waals surface area contributed by atoms with Gasteiger partial charge in [0.15, 0.2) is 6.10 Å². The molecule has 2 saturated heterocycles. The van der Waals surface area contributed by atoms with Gasteiger partial charge in [0.2, 0.25) is 0 Å². The van der Waals surface area contributed by atoms with Gasteiger partial charge in [0, 0.05) is 19.5 Å². The fraction of sp³-hybridized carbons (Fsp3) is 0.588. The number of piperidine rings is 1. The molecule has 0 bridgehead atoms. The highest BCUT2D eigenvalue weighted by molar-refractivity contribution is 5.83. The SMILES string of the molecule is O=C(C1Cc2ccccc2O1)N1CCC2(CCNCC2)C1. The van der Waals surface area contributed by atoms with Crippen molar-refractivity contribution < 1.29 is 9.53 Å². The highest BCUT2D eigenvalue weighted by Gasteiger charge is 2.43. The van der Waals surface area contributed by atoms with Gasteiger partial charge in [-0.1, -0.05) is 18.2 Å². The maximum absolute atomic E-state index is 12.7. The van der Waals surface area contributed by atoms with E-state index in [4.69, 9.17) is 4.74 Å². The molecule has 1 aromatic rings. The van der Waals surface area contributed by atoms with Crippen molar-refractivity contribution in [3.8, 4) is 5.75 Å². The summed E-state index contributed by atoms with van der Waals surface area (Å²) in [6, 6.07) is 7.99. The topological polar surface area (TPSA) is 41.6 Å². The van der Waals surface area contributed by atoms with Crippen LogP contribution in [0.2, 0.25) is 0 Å². The number of hydrogen-bond donors (Lipinski definition) is 1. The summed E-state index contributed by atoms with van der Waals surface area (Å²) in [4.78, 5) is 14.8. The lowest BCUT2D eigenvalue weighted by Crippen LogP contribution is -2.43. The van der Waals surface area contributed by atoms with Crippen molar-refractivity contribution in [1.82, 2.24) is 10.2 Å². The van der Waals surface area contributed by atoms with Crippen LogP contribution in [0, 0.1) is 5.41 Å². The Labute approximate surface area is 125 Å². The number of amides is 1. The third-order valence-corrected chi connectivity index (χ3v) is 5.34. The molecule has 4 nitrogen and oxygen atoms in total. The lowest BCUT2D eigenvalue weighted by molar-refractivity contribution is -0.137. The first kappa shape index (κ1) is 13.1. The number of carbonyl (C=O) groups is 1. The minimum Gasteiger partial charge on any atom is -0.480 e. The molecule has 0 aliphatic carbocycles. The summed E-state index contributed by atoms with van der Waals surface area (Å²) in [5.74, 6) is 1.06. The number of fused-ring (bicyclic) bond motifs is 1. The van der Waals surface area contributed by atoms with Crippen LogP contribution in [-0.2, 0) is 11.2 Å². The minimum atomic E-state index is -0.306. The molecule has 4 rings (SSSR count). The zero-order chi connectivity index (χ0) is 14.3. The number of hydrogen-bond acceptors (Lipinski definition) is 3. The molecule has 4 heteroatoms. The maximum Gasteiger partial charge on any atom is 0.264 e. The quantitative estimate of drug-likeness (QED) is 0.852. The number of nitrogens with zero attached hydrogens (tertiary/aromatic N) is 1. The molecule has 1 aromatic carbocycles. The predicted molar refractivity (Wildman–Crippen MR) is 80.3 cm³/mol. The van der Waals surface area contributed by atoms with Crippen LogP contribution in [0.3, 0.4) is 0 Å². The van der Waals surface area contributed by atoms with Gasteiger partial charge in [-0.3, -0.25) is 4.79 Å². The van der Waals surface area contributed by atoms with E-state index < -0.39 is 0 Å². The van der Waals surface area contributed by atoms with Crippen molar-refractivity contribution in [2.45, 2.75) is 31.8 Å². The van der Waals surface area contributed by atoms with Gasteiger partial charge >= 0.3 is 0 Å². The van der Waals surface area contributed by atoms with E-state index in [-0.39, 0.29) is 12.0 Å². The summed E-state index contributed by atoms with van der Waals surface area (Å²) in [6.07, 6.45) is 3.96. The molecular formula is C17H22N2O2. The van der Waals surface area contributed by atoms with E-state index in [9.17, 15) is 4.79 Å². The minimum absolute atomic E-state index is 0.182. The van der Waals surface area contributed by atoms with Crippen molar-refractivity contribution in [2.24, 2.45) is 5.41 Å². The van der Waals surface area contributed by atoms with E-state index >= 15 is 0 Å². The largest absolute Gasteiger partial charge is 0.480 e. The zero-order valence-corrected chi connectivity index (χ0v) is 12.3. The molecule has 1 amide bonds. The average Bonchev–Trinajstić information content (AvgIpc) is 3.12. The second kappa shape index (κ2) is 5.02. The van der Waals surface area contributed by atoms with Gasteiger partial charge in [0.1, 0.15) is 5.75 Å². The summed E-state index contributed by atoms with van der Waals surface area (Å²) in [7, 11) is 0. The Bertz CT molecular complexity index is 526. The van der Waals surface area contributed by atoms with E-state index in [2.05, 4.69) is 11.4 Å². The van der Waals surface area contributed by atoms with Gasteiger partial charge < -0.3 is 15.0 Å². The van der Waals surface area contributed by atoms with E-state index in [0.29, 0.717) is 5.41 Å². The number of nitrogens with one attached hydrogen (secondary N) is 1. The number of benzene rings is 1. The van der Waals surface area contributed by atoms with Gasteiger partial charge in [-0.2, -0.15) is 0 Å². The molecule has 3 aliphatic rings. The number of para-hydroxylation sites is 1. The first-order valence-electron chi connectivity index (χ1n) is 8.00. The summed E-state index contributed by atoms with van der Waals surface area (Å²) in [5, 5.41) is 3.42. The second-order valence-electron chi connectivity index (χ2n) is 6.68. The standard InChI is InChI=1S/C17H22N2O2/c20-16(15-11-13-3-1-2-4-14(13)21-15)19-10-7-17(12-19)5-8-18-9-6-17/h1-4,15,18H,5-12H2. The highest BCUT2D eigenvalue weighted by Crippen LogP contribution is 2.39. The summed E-state index contributed by atoms with van der Waals surface area (Å²) in [5.41, 5.74) is 1.53. The fourth-order valence-electron chi connectivity index (χ4n) is 4.01. The molecular weight excluding hydrogens is 264 g/mol. The molecule has 1 unspecified atom stereocenters. The number of carbonyl (C=O) groups excluding carboxylic acids is 1. The molecule has 1 atom stereocenters. The number of ether oxygens (including phenoxy) is 1. The number of rotatable bonds is 1. The number of likely N-dealkylation sites (tertiary alicyclic amines) is 1. The summed E-state index contributed by atoms with van der Waals surface area (Å²) in [6.45, 7) is 4.00. The van der Waals surface area contributed by atoms with Crippen molar-refractivity contribution in [3.05, 3.63) is 29.8 Å². The summed E-state index contributed by atoms with van der Waals surface area (Å²) < 4.78 is 5.85. The van der Waals surface area contributed by atoms with Crippen LogP contribution >= 0.6 is 0 Å². The molecule has 3 heterocycles. The van der Waals surface area contributed by atoms with Gasteiger partial charge in [0.05, 0.1) is 0 Å². The van der Waals surface area contributed by atoms with Crippen LogP contribution in [0.4, 0.5) is 0 Å². The Kier molecular flexibility index (Phi) is 3.14. The van der Waals surface area contributed by atoms with Crippen LogP contribution in [0.25, 0.3) is 0 Å². The Morgan fingerprint density at radius 1 is 1.24 bits per heavy atom. The molecule has 1 spiro atoms. The van der Waals surface area contributed by atoms with Gasteiger partial charge in [-0.05, 0) is 49.4 Å². The molecule has 3 aliphatic heterocycles. The second-order valence-corrected chi connectivity index (χ2v) is 6.68. The Hall–Kier alpha value is -1.55. The van der Waals surface area contributed by atoms with Crippen molar-refractivity contribution >= 4 is 5.91 Å². The van der Waals surface area contributed by atoms with Gasteiger partial charge in [-0.15, -0.1) is 0 Å². The lowest BCUT2D eigenvalue weighted by atomic mass is 9.78. The molecule has 1 N–H and O–H groups in total. The first-order chi connectivity index (χ1) is 10.3. The molecule has 0 radical (unpaired) electrons. The van der Waals surface area contributed by atoms with E-state index in [1.165, 1.54) is 12.8 Å². The van der Waals surface area contributed by atoms with E-state index in [0.717, 1.165) is 50.3 Å². The van der Waals surface area contributed by atoms with Crippen LogP contribution in [0.15, 0.2) is 24.3 Å². The monoisotopic (exact) mass is 286 g/mol. The third kappa shape index (κ3) is 2.31. The van der Waals surface area contributed by atoms with Crippen LogP contribution in [-0.4, -0.2) is 43.1 Å². The van der Waals surface area contributed by atoms with Crippen molar-refractivity contribution in [1.29, 1.82) is 0 Å². The van der Waals surface area contributed by atoms with E-state index in [1.54, 1.807) is 0 Å². The zero-order valence-electron chi connectivity index (χ0n) is 12.3. The average molecular weight is 286 g/mol. The van der Waals surface area contributed by atoms with Crippen LogP contribution in [0.5, 0.6) is 5.75 Å². The van der Waals surface area contributed by atoms with Gasteiger partial charge in [-0.25, -0.2) is 0 Å². The molecule has 0 aromatic heterocycles. The van der Waals surface area contributed by atoms with Crippen LogP contribution in [0.1, 0.15) is 24.8 Å². The Morgan fingerprint density at radius 2 is 2.05 bits per heavy atom.